The number of urea groups is 1. The molecule has 0 spiro atoms. The number of ether oxygens (including phenoxy) is 1. The summed E-state index contributed by atoms with van der Waals surface area (Å²) in [5.41, 5.74) is 5.76. The Morgan fingerprint density at radius 1 is 1.28 bits per heavy atom. The van der Waals surface area contributed by atoms with Gasteiger partial charge in [0.1, 0.15) is 17.6 Å². The Labute approximate surface area is 148 Å². The summed E-state index contributed by atoms with van der Waals surface area (Å²) >= 11 is 5.93. The molecule has 128 valence electrons. The summed E-state index contributed by atoms with van der Waals surface area (Å²) in [7, 11) is 0. The highest BCUT2D eigenvalue weighted by Crippen LogP contribution is 2.28. The predicted molar refractivity (Wildman–Crippen MR) is 92.4 cm³/mol. The van der Waals surface area contributed by atoms with E-state index < -0.39 is 11.9 Å². The topological polar surface area (TPSA) is 130 Å². The van der Waals surface area contributed by atoms with Crippen LogP contribution in [0.5, 0.6) is 5.75 Å². The number of pyridine rings is 1. The summed E-state index contributed by atoms with van der Waals surface area (Å²) in [5, 5.41) is 14.2. The highest BCUT2D eigenvalue weighted by molar-refractivity contribution is 6.31. The van der Waals surface area contributed by atoms with Gasteiger partial charge in [-0.1, -0.05) is 11.6 Å². The van der Waals surface area contributed by atoms with Gasteiger partial charge in [-0.3, -0.25) is 10.1 Å². The molecule has 0 atom stereocenters. The Balaban J connectivity index is 2.04. The fraction of sp³-hybridized carbons (Fsp3) is 0.125. The molecule has 2 aromatic rings. The molecule has 0 fully saturated rings. The molecule has 0 unspecified atom stereocenters. The Morgan fingerprint density at radius 2 is 2.08 bits per heavy atom. The van der Waals surface area contributed by atoms with Crippen LogP contribution in [0.4, 0.5) is 16.3 Å². The van der Waals surface area contributed by atoms with Gasteiger partial charge in [0.2, 0.25) is 5.91 Å². The summed E-state index contributed by atoms with van der Waals surface area (Å²) in [5.74, 6) is 0.122. The van der Waals surface area contributed by atoms with Crippen molar-refractivity contribution in [2.24, 2.45) is 5.73 Å². The largest absolute Gasteiger partial charge is 0.491 e. The average Bonchev–Trinajstić information content (AvgIpc) is 2.57. The van der Waals surface area contributed by atoms with E-state index in [1.165, 1.54) is 24.4 Å². The number of aromatic nitrogens is 1. The van der Waals surface area contributed by atoms with E-state index in [2.05, 4.69) is 15.6 Å². The summed E-state index contributed by atoms with van der Waals surface area (Å²) in [6.45, 7) is 0.0739. The molecule has 3 amide bonds. The van der Waals surface area contributed by atoms with Crippen LogP contribution in [0.3, 0.4) is 0 Å². The van der Waals surface area contributed by atoms with E-state index in [1.807, 2.05) is 6.07 Å². The molecule has 0 aliphatic carbocycles. The zero-order chi connectivity index (χ0) is 18.2. The van der Waals surface area contributed by atoms with Gasteiger partial charge in [-0.15, -0.1) is 0 Å². The summed E-state index contributed by atoms with van der Waals surface area (Å²) in [6, 6.07) is 9.06. The number of carbonyl (C=O) groups excluding carboxylic acids is 2. The number of primary amides is 1. The van der Waals surface area contributed by atoms with Crippen LogP contribution in [0.25, 0.3) is 0 Å². The molecule has 25 heavy (non-hydrogen) atoms. The maximum atomic E-state index is 12.1. The lowest BCUT2D eigenvalue weighted by atomic mass is 10.3. The van der Waals surface area contributed by atoms with Crippen LogP contribution in [0.15, 0.2) is 36.5 Å². The molecule has 1 heterocycles. The van der Waals surface area contributed by atoms with Gasteiger partial charge in [0.25, 0.3) is 0 Å². The van der Waals surface area contributed by atoms with E-state index in [1.54, 1.807) is 12.1 Å². The van der Waals surface area contributed by atoms with E-state index in [9.17, 15) is 9.59 Å². The van der Waals surface area contributed by atoms with Crippen molar-refractivity contribution in [1.29, 1.82) is 5.26 Å². The number of nitrogens with two attached hydrogens (primary N) is 1. The van der Waals surface area contributed by atoms with Crippen LogP contribution in [0.2, 0.25) is 5.02 Å². The molecule has 0 radical (unpaired) electrons. The lowest BCUT2D eigenvalue weighted by molar-refractivity contribution is -0.118. The van der Waals surface area contributed by atoms with Gasteiger partial charge in [-0.05, 0) is 30.3 Å². The van der Waals surface area contributed by atoms with Crippen molar-refractivity contribution in [3.63, 3.8) is 0 Å². The number of hydrogen-bond acceptors (Lipinski definition) is 5. The third-order valence-electron chi connectivity index (χ3n) is 2.93. The quantitative estimate of drug-likeness (QED) is 0.729. The van der Waals surface area contributed by atoms with Crippen LogP contribution in [0.1, 0.15) is 12.0 Å². The fourth-order valence-electron chi connectivity index (χ4n) is 1.79. The van der Waals surface area contributed by atoms with Gasteiger partial charge in [0, 0.05) is 11.2 Å². The lowest BCUT2D eigenvalue weighted by Crippen LogP contribution is -2.21. The van der Waals surface area contributed by atoms with Crippen molar-refractivity contribution in [2.75, 3.05) is 17.2 Å². The van der Waals surface area contributed by atoms with E-state index in [4.69, 9.17) is 27.3 Å². The molecule has 1 aromatic heterocycles. The third kappa shape index (κ3) is 5.67. The Kier molecular flexibility index (Phi) is 6.14. The van der Waals surface area contributed by atoms with Crippen molar-refractivity contribution >= 4 is 35.0 Å². The minimum Gasteiger partial charge on any atom is -0.491 e. The van der Waals surface area contributed by atoms with Gasteiger partial charge in [0.15, 0.2) is 0 Å². The van der Waals surface area contributed by atoms with E-state index >= 15 is 0 Å². The van der Waals surface area contributed by atoms with Crippen molar-refractivity contribution in [3.8, 4) is 11.8 Å². The minimum atomic E-state index is -0.570. The summed E-state index contributed by atoms with van der Waals surface area (Å²) in [4.78, 5) is 26.8. The number of benzene rings is 1. The number of rotatable bonds is 6. The zero-order valence-corrected chi connectivity index (χ0v) is 13.7. The Hall–Kier alpha value is -3.31. The smallest absolute Gasteiger partial charge is 0.324 e. The van der Waals surface area contributed by atoms with Gasteiger partial charge >= 0.3 is 6.03 Å². The average molecular weight is 360 g/mol. The number of nitrogens with zero attached hydrogens (tertiary/aromatic N) is 2. The van der Waals surface area contributed by atoms with Crippen LogP contribution in [-0.4, -0.2) is 23.5 Å². The third-order valence-corrected chi connectivity index (χ3v) is 3.17. The van der Waals surface area contributed by atoms with Gasteiger partial charge in [-0.2, -0.15) is 5.26 Å². The van der Waals surface area contributed by atoms with Gasteiger partial charge < -0.3 is 15.8 Å². The monoisotopic (exact) mass is 359 g/mol. The molecule has 0 aliphatic heterocycles. The molecule has 0 aliphatic rings. The van der Waals surface area contributed by atoms with Crippen LogP contribution in [-0.2, 0) is 4.79 Å². The Bertz CT molecular complexity index is 818. The van der Waals surface area contributed by atoms with Crippen LogP contribution < -0.4 is 21.1 Å². The molecule has 2 rings (SSSR count). The number of halogens is 1. The van der Waals surface area contributed by atoms with Crippen LogP contribution >= 0.6 is 11.6 Å². The van der Waals surface area contributed by atoms with Crippen LogP contribution in [0, 0.1) is 11.3 Å². The van der Waals surface area contributed by atoms with E-state index in [0.29, 0.717) is 22.0 Å². The van der Waals surface area contributed by atoms with Gasteiger partial charge in [-0.25, -0.2) is 9.78 Å². The van der Waals surface area contributed by atoms with E-state index in [-0.39, 0.29) is 18.8 Å². The number of nitrogens with one attached hydrogen (secondary N) is 2. The van der Waals surface area contributed by atoms with Crippen molar-refractivity contribution in [1.82, 2.24) is 4.98 Å². The highest BCUT2D eigenvalue weighted by atomic mass is 35.5. The molecule has 9 heteroatoms. The number of carbonyl (C=O) groups is 2. The Morgan fingerprint density at radius 3 is 2.72 bits per heavy atom. The van der Waals surface area contributed by atoms with E-state index in [0.717, 1.165) is 0 Å². The molecule has 0 bridgehead atoms. The van der Waals surface area contributed by atoms with Gasteiger partial charge in [0.05, 0.1) is 24.3 Å². The van der Waals surface area contributed by atoms with Crippen molar-refractivity contribution < 1.29 is 14.3 Å². The number of amides is 3. The number of anilines is 2. The zero-order valence-electron chi connectivity index (χ0n) is 13.0. The fourth-order valence-corrected chi connectivity index (χ4v) is 1.96. The summed E-state index contributed by atoms with van der Waals surface area (Å²) < 4.78 is 5.43. The normalized spacial score (nSPS) is 9.76. The summed E-state index contributed by atoms with van der Waals surface area (Å²) in [6.07, 6.45) is 1.39. The molecule has 8 nitrogen and oxygen atoms in total. The maximum Gasteiger partial charge on any atom is 0.324 e. The predicted octanol–water partition coefficient (Wildman–Crippen LogP) is 2.50. The molecular weight excluding hydrogens is 346 g/mol. The molecule has 0 saturated carbocycles. The number of hydrogen-bond donors (Lipinski definition) is 3. The second kappa shape index (κ2) is 8.52. The highest BCUT2D eigenvalue weighted by Gasteiger charge is 2.10. The molecular formula is C16H14ClN5O3. The second-order valence-corrected chi connectivity index (χ2v) is 5.26. The minimum absolute atomic E-state index is 0.0451. The lowest BCUT2D eigenvalue weighted by Gasteiger charge is -2.13. The first-order chi connectivity index (χ1) is 12.0. The van der Waals surface area contributed by atoms with Crippen molar-refractivity contribution in [3.05, 3.63) is 47.1 Å². The number of nitriles is 1. The second-order valence-electron chi connectivity index (χ2n) is 4.83. The molecule has 0 saturated heterocycles. The SMILES string of the molecule is N#Cc1ccc(NC(=O)Nc2cc(Cl)ccc2OCCC(N)=O)nc1. The first-order valence-corrected chi connectivity index (χ1v) is 7.50. The van der Waals surface area contributed by atoms with Crippen molar-refractivity contribution in [2.45, 2.75) is 6.42 Å². The molecule has 1 aromatic carbocycles. The standard InChI is InChI=1S/C16H14ClN5O3/c17-11-2-3-13(25-6-5-14(19)23)12(7-11)21-16(24)22-15-4-1-10(8-18)9-20-15/h1-4,7,9H,5-6H2,(H2,19,23)(H2,20,21,22,24). The maximum absolute atomic E-state index is 12.1. The molecule has 4 N–H and O–H groups in total. The first-order valence-electron chi connectivity index (χ1n) is 7.13. The first kappa shape index (κ1) is 18.0.